The molecular formula is C21H18BrN3O7. The Bertz CT molecular complexity index is 1130. The van der Waals surface area contributed by atoms with Gasteiger partial charge in [0, 0.05) is 12.1 Å². The second-order valence-electron chi connectivity index (χ2n) is 6.43. The summed E-state index contributed by atoms with van der Waals surface area (Å²) in [6.07, 6.45) is 1.32. The van der Waals surface area contributed by atoms with E-state index < -0.39 is 22.8 Å². The molecule has 1 N–H and O–H groups in total. The van der Waals surface area contributed by atoms with E-state index >= 15 is 0 Å². The van der Waals surface area contributed by atoms with Crippen LogP contribution < -0.4 is 19.7 Å². The van der Waals surface area contributed by atoms with Crippen molar-refractivity contribution in [3.8, 4) is 11.5 Å². The van der Waals surface area contributed by atoms with Gasteiger partial charge >= 0.3 is 6.03 Å². The molecule has 1 saturated heterocycles. The average molecular weight is 504 g/mol. The third-order valence-electron chi connectivity index (χ3n) is 4.35. The molecule has 0 aromatic heterocycles. The first-order valence-corrected chi connectivity index (χ1v) is 10.3. The number of amides is 4. The van der Waals surface area contributed by atoms with Gasteiger partial charge in [0.15, 0.2) is 11.5 Å². The van der Waals surface area contributed by atoms with Crippen molar-refractivity contribution in [2.24, 2.45) is 0 Å². The van der Waals surface area contributed by atoms with Gasteiger partial charge in [-0.15, -0.1) is 0 Å². The van der Waals surface area contributed by atoms with E-state index in [-0.39, 0.29) is 16.9 Å². The summed E-state index contributed by atoms with van der Waals surface area (Å²) < 4.78 is 11.7. The third kappa shape index (κ3) is 4.62. The van der Waals surface area contributed by atoms with Crippen molar-refractivity contribution in [2.75, 3.05) is 18.1 Å². The van der Waals surface area contributed by atoms with Crippen LogP contribution in [0.25, 0.3) is 6.08 Å². The van der Waals surface area contributed by atoms with Crippen molar-refractivity contribution in [3.63, 3.8) is 0 Å². The number of anilines is 1. The highest BCUT2D eigenvalue weighted by Crippen LogP contribution is 2.37. The molecule has 0 spiro atoms. The molecule has 0 radical (unpaired) electrons. The minimum atomic E-state index is -0.950. The fourth-order valence-corrected chi connectivity index (χ4v) is 3.57. The average Bonchev–Trinajstić information content (AvgIpc) is 2.74. The predicted molar refractivity (Wildman–Crippen MR) is 119 cm³/mol. The number of nitrogens with one attached hydrogen (secondary N) is 1. The Morgan fingerprint density at radius 1 is 1.09 bits per heavy atom. The number of barbiturate groups is 1. The third-order valence-corrected chi connectivity index (χ3v) is 4.94. The first-order chi connectivity index (χ1) is 15.3. The maximum absolute atomic E-state index is 13.0. The zero-order valence-corrected chi connectivity index (χ0v) is 18.7. The number of rotatable bonds is 7. The second-order valence-corrected chi connectivity index (χ2v) is 7.28. The van der Waals surface area contributed by atoms with Crippen molar-refractivity contribution >= 4 is 51.2 Å². The van der Waals surface area contributed by atoms with E-state index in [2.05, 4.69) is 21.2 Å². The normalized spacial score (nSPS) is 15.0. The number of nitro benzene ring substituents is 1. The van der Waals surface area contributed by atoms with Crippen molar-refractivity contribution in [1.29, 1.82) is 0 Å². The lowest BCUT2D eigenvalue weighted by Crippen LogP contribution is -2.54. The van der Waals surface area contributed by atoms with Gasteiger partial charge in [-0.1, -0.05) is 0 Å². The number of nitro groups is 1. The molecule has 166 valence electrons. The van der Waals surface area contributed by atoms with Crippen LogP contribution in [0.15, 0.2) is 46.4 Å². The molecule has 1 aliphatic rings. The molecule has 32 heavy (non-hydrogen) atoms. The number of benzene rings is 2. The van der Waals surface area contributed by atoms with E-state index in [1.165, 1.54) is 18.2 Å². The molecule has 10 nitrogen and oxygen atoms in total. The van der Waals surface area contributed by atoms with E-state index in [9.17, 15) is 24.5 Å². The summed E-state index contributed by atoms with van der Waals surface area (Å²) in [6, 6.07) is 7.14. The van der Waals surface area contributed by atoms with Crippen molar-refractivity contribution in [3.05, 3.63) is 62.1 Å². The topological polar surface area (TPSA) is 128 Å². The number of nitrogens with zero attached hydrogens (tertiary/aromatic N) is 2. The lowest BCUT2D eigenvalue weighted by Gasteiger charge is -2.26. The molecule has 11 heteroatoms. The number of carbonyl (C=O) groups excluding carboxylic acids is 3. The highest BCUT2D eigenvalue weighted by Gasteiger charge is 2.37. The molecule has 0 unspecified atom stereocenters. The highest BCUT2D eigenvalue weighted by molar-refractivity contribution is 9.10. The number of hydrogen-bond acceptors (Lipinski definition) is 7. The Balaban J connectivity index is 2.01. The van der Waals surface area contributed by atoms with Gasteiger partial charge in [0.2, 0.25) is 0 Å². The summed E-state index contributed by atoms with van der Waals surface area (Å²) >= 11 is 3.40. The van der Waals surface area contributed by atoms with E-state index in [1.54, 1.807) is 19.1 Å². The highest BCUT2D eigenvalue weighted by atomic mass is 79.9. The minimum Gasteiger partial charge on any atom is -0.490 e. The molecule has 4 amide bonds. The van der Waals surface area contributed by atoms with Crippen LogP contribution in [0.4, 0.5) is 16.2 Å². The maximum atomic E-state index is 13.0. The fourth-order valence-electron chi connectivity index (χ4n) is 3.00. The van der Waals surface area contributed by atoms with E-state index in [0.29, 0.717) is 34.7 Å². The molecular weight excluding hydrogens is 486 g/mol. The van der Waals surface area contributed by atoms with Gasteiger partial charge in [0.1, 0.15) is 5.57 Å². The fraction of sp³-hybridized carbons (Fsp3) is 0.190. The number of ether oxygens (including phenoxy) is 2. The van der Waals surface area contributed by atoms with Crippen LogP contribution in [0.2, 0.25) is 0 Å². The van der Waals surface area contributed by atoms with Gasteiger partial charge in [0.25, 0.3) is 17.5 Å². The summed E-state index contributed by atoms with van der Waals surface area (Å²) in [4.78, 5) is 48.7. The quantitative estimate of drug-likeness (QED) is 0.263. The summed E-state index contributed by atoms with van der Waals surface area (Å²) in [5.74, 6) is -0.821. The van der Waals surface area contributed by atoms with Crippen molar-refractivity contribution in [1.82, 2.24) is 5.32 Å². The summed E-state index contributed by atoms with van der Waals surface area (Å²) in [5.41, 5.74) is 0.0502. The number of non-ortho nitro benzene ring substituents is 1. The number of halogens is 1. The van der Waals surface area contributed by atoms with Crippen LogP contribution >= 0.6 is 15.9 Å². The Labute approximate surface area is 191 Å². The van der Waals surface area contributed by atoms with Gasteiger partial charge in [-0.2, -0.15) is 0 Å². The zero-order valence-electron chi connectivity index (χ0n) is 17.1. The molecule has 2 aromatic carbocycles. The van der Waals surface area contributed by atoms with Crippen LogP contribution in [0.1, 0.15) is 19.4 Å². The molecule has 0 saturated carbocycles. The Morgan fingerprint density at radius 3 is 2.34 bits per heavy atom. The molecule has 0 atom stereocenters. The van der Waals surface area contributed by atoms with Gasteiger partial charge in [-0.25, -0.2) is 9.69 Å². The minimum absolute atomic E-state index is 0.0828. The van der Waals surface area contributed by atoms with Crippen molar-refractivity contribution < 1.29 is 28.8 Å². The number of imide groups is 2. The summed E-state index contributed by atoms with van der Waals surface area (Å²) in [6.45, 7) is 4.41. The first kappa shape index (κ1) is 22.9. The van der Waals surface area contributed by atoms with Crippen LogP contribution in [0.3, 0.4) is 0 Å². The van der Waals surface area contributed by atoms with Gasteiger partial charge in [-0.3, -0.25) is 25.0 Å². The van der Waals surface area contributed by atoms with Crippen LogP contribution in [-0.4, -0.2) is 36.0 Å². The number of carbonyl (C=O) groups is 3. The SMILES string of the molecule is CCOc1cc(/C=C2\C(=O)NC(=O)N(c3ccc([N+](=O)[O-])cc3)C2=O)cc(Br)c1OCC. The standard InChI is InChI=1S/C21H18BrN3O7/c1-3-31-17-11-12(10-16(22)18(17)32-4-2)9-15-19(26)23-21(28)24(20(15)27)13-5-7-14(8-6-13)25(29)30/h5-11H,3-4H2,1-2H3,(H,23,26,28)/b15-9+. The second kappa shape index (κ2) is 9.60. The first-order valence-electron chi connectivity index (χ1n) is 9.51. The maximum Gasteiger partial charge on any atom is 0.335 e. The molecule has 0 aliphatic carbocycles. The van der Waals surface area contributed by atoms with Gasteiger partial charge in [0.05, 0.1) is 28.3 Å². The Kier molecular flexibility index (Phi) is 6.89. The molecule has 2 aromatic rings. The predicted octanol–water partition coefficient (Wildman–Crippen LogP) is 3.82. The van der Waals surface area contributed by atoms with Crippen LogP contribution in [0, 0.1) is 10.1 Å². The molecule has 1 fully saturated rings. The van der Waals surface area contributed by atoms with E-state index in [4.69, 9.17) is 9.47 Å². The summed E-state index contributed by atoms with van der Waals surface area (Å²) in [7, 11) is 0. The number of hydrogen-bond donors (Lipinski definition) is 1. The smallest absolute Gasteiger partial charge is 0.335 e. The van der Waals surface area contributed by atoms with E-state index in [1.807, 2.05) is 6.92 Å². The molecule has 0 bridgehead atoms. The van der Waals surface area contributed by atoms with Crippen molar-refractivity contribution in [2.45, 2.75) is 13.8 Å². The summed E-state index contributed by atoms with van der Waals surface area (Å²) in [5, 5.41) is 13.0. The van der Waals surface area contributed by atoms with Gasteiger partial charge in [-0.05, 0) is 65.7 Å². The zero-order chi connectivity index (χ0) is 23.4. The monoisotopic (exact) mass is 503 g/mol. The molecule has 1 heterocycles. The lowest BCUT2D eigenvalue weighted by atomic mass is 10.1. The van der Waals surface area contributed by atoms with Gasteiger partial charge < -0.3 is 9.47 Å². The van der Waals surface area contributed by atoms with Crippen LogP contribution in [0.5, 0.6) is 11.5 Å². The number of urea groups is 1. The Morgan fingerprint density at radius 2 is 1.75 bits per heavy atom. The lowest BCUT2D eigenvalue weighted by molar-refractivity contribution is -0.384. The Hall–Kier alpha value is -3.73. The largest absolute Gasteiger partial charge is 0.490 e. The molecule has 3 rings (SSSR count). The van der Waals surface area contributed by atoms with Crippen LogP contribution in [-0.2, 0) is 9.59 Å². The molecule has 1 aliphatic heterocycles. The van der Waals surface area contributed by atoms with E-state index in [0.717, 1.165) is 17.0 Å².